The maximum Gasteiger partial charge on any atom is 0.164 e. The average molecular weight is 314 g/mol. The van der Waals surface area contributed by atoms with Crippen molar-refractivity contribution < 1.29 is 14.3 Å². The quantitative estimate of drug-likeness (QED) is 0.823. The van der Waals surface area contributed by atoms with Crippen molar-refractivity contribution in [3.63, 3.8) is 0 Å². The molecule has 3 aliphatic rings. The van der Waals surface area contributed by atoms with E-state index in [0.717, 1.165) is 43.6 Å². The van der Waals surface area contributed by atoms with Crippen molar-refractivity contribution in [2.75, 3.05) is 14.2 Å². The number of hydrogen-bond donors (Lipinski definition) is 0. The minimum absolute atomic E-state index is 0.0464. The van der Waals surface area contributed by atoms with Crippen molar-refractivity contribution >= 4 is 5.78 Å². The fourth-order valence-electron chi connectivity index (χ4n) is 5.77. The lowest BCUT2D eigenvalue weighted by Crippen LogP contribution is -2.42. The Balaban J connectivity index is 1.74. The number of benzene rings is 1. The summed E-state index contributed by atoms with van der Waals surface area (Å²) in [6.07, 6.45) is 6.28. The van der Waals surface area contributed by atoms with Crippen molar-refractivity contribution in [2.24, 2.45) is 17.3 Å². The van der Waals surface area contributed by atoms with E-state index in [2.05, 4.69) is 13.0 Å². The molecule has 0 radical (unpaired) electrons. The molecular weight excluding hydrogens is 288 g/mol. The Hall–Kier alpha value is -1.51. The summed E-state index contributed by atoms with van der Waals surface area (Å²) in [5, 5.41) is 0. The number of ether oxygens (including phenoxy) is 2. The van der Waals surface area contributed by atoms with Crippen LogP contribution in [0.2, 0.25) is 0 Å². The zero-order valence-electron chi connectivity index (χ0n) is 14.4. The van der Waals surface area contributed by atoms with Crippen LogP contribution in [0.15, 0.2) is 12.1 Å². The van der Waals surface area contributed by atoms with E-state index < -0.39 is 0 Å². The van der Waals surface area contributed by atoms with Crippen LogP contribution in [-0.2, 0) is 11.2 Å². The number of Topliss-reactive ketones (excluding diaryl/α,β-unsaturated/α-hetero) is 1. The molecule has 0 saturated heterocycles. The molecule has 0 heterocycles. The van der Waals surface area contributed by atoms with Crippen molar-refractivity contribution in [3.05, 3.63) is 23.3 Å². The van der Waals surface area contributed by atoms with Crippen LogP contribution >= 0.6 is 0 Å². The molecule has 0 aromatic heterocycles. The van der Waals surface area contributed by atoms with E-state index in [1.54, 1.807) is 14.2 Å². The number of carbonyl (C=O) groups is 1. The van der Waals surface area contributed by atoms with Crippen LogP contribution in [0.5, 0.6) is 11.5 Å². The minimum Gasteiger partial charge on any atom is -0.493 e. The summed E-state index contributed by atoms with van der Waals surface area (Å²) in [7, 11) is 3.43. The zero-order valence-corrected chi connectivity index (χ0v) is 14.4. The monoisotopic (exact) mass is 314 g/mol. The number of rotatable bonds is 2. The Kier molecular flexibility index (Phi) is 3.44. The van der Waals surface area contributed by atoms with Crippen molar-refractivity contribution in [2.45, 2.75) is 51.4 Å². The van der Waals surface area contributed by atoms with Crippen LogP contribution in [0, 0.1) is 17.3 Å². The molecule has 0 spiro atoms. The maximum absolute atomic E-state index is 12.4. The molecule has 3 nitrogen and oxygen atoms in total. The van der Waals surface area contributed by atoms with E-state index in [1.165, 1.54) is 17.5 Å². The van der Waals surface area contributed by atoms with Gasteiger partial charge in [0.15, 0.2) is 11.5 Å². The highest BCUT2D eigenvalue weighted by Crippen LogP contribution is 2.60. The SMILES string of the molecule is COc1ccc2c(c1OC)CC[C@@H]1[C@@H]2CC[C@]2(C)C(=O)CC[C@@H]12. The standard InChI is InChI=1S/C20H26O3/c1-20-11-10-13-12-6-8-17(22-2)19(23-3)15(12)5-4-14(13)16(20)7-9-18(20)21/h6,8,13-14,16H,4-5,7,9-11H2,1-3H3/t13-,14-,16+,20+/m1/s1. The van der Waals surface area contributed by atoms with Gasteiger partial charge in [0.05, 0.1) is 14.2 Å². The molecule has 124 valence electrons. The third-order valence-corrected chi connectivity index (χ3v) is 6.96. The molecule has 0 bridgehead atoms. The highest BCUT2D eigenvalue weighted by atomic mass is 16.5. The largest absolute Gasteiger partial charge is 0.493 e. The first-order valence-corrected chi connectivity index (χ1v) is 8.87. The van der Waals surface area contributed by atoms with E-state index in [4.69, 9.17) is 9.47 Å². The fraction of sp³-hybridized carbons (Fsp3) is 0.650. The number of hydrogen-bond acceptors (Lipinski definition) is 3. The molecule has 2 saturated carbocycles. The van der Waals surface area contributed by atoms with Crippen LogP contribution in [0.1, 0.15) is 56.1 Å². The summed E-state index contributed by atoms with van der Waals surface area (Å²) >= 11 is 0. The lowest BCUT2D eigenvalue weighted by molar-refractivity contribution is -0.129. The topological polar surface area (TPSA) is 35.5 Å². The van der Waals surface area contributed by atoms with Crippen LogP contribution in [-0.4, -0.2) is 20.0 Å². The second kappa shape index (κ2) is 5.25. The van der Waals surface area contributed by atoms with Gasteiger partial charge in [-0.3, -0.25) is 4.79 Å². The number of carbonyl (C=O) groups excluding carboxylic acids is 1. The zero-order chi connectivity index (χ0) is 16.2. The molecule has 0 amide bonds. The Morgan fingerprint density at radius 2 is 1.91 bits per heavy atom. The predicted molar refractivity (Wildman–Crippen MR) is 89.2 cm³/mol. The van der Waals surface area contributed by atoms with Gasteiger partial charge in [0.25, 0.3) is 0 Å². The third kappa shape index (κ3) is 1.98. The fourth-order valence-corrected chi connectivity index (χ4v) is 5.77. The molecule has 2 fully saturated rings. The molecule has 1 aromatic carbocycles. The van der Waals surface area contributed by atoms with Crippen LogP contribution in [0.25, 0.3) is 0 Å². The molecule has 3 heteroatoms. The summed E-state index contributed by atoms with van der Waals surface area (Å²) in [5.41, 5.74) is 2.73. The van der Waals surface area contributed by atoms with Gasteiger partial charge in [0.1, 0.15) is 5.78 Å². The Morgan fingerprint density at radius 1 is 1.09 bits per heavy atom. The number of methoxy groups -OCH3 is 2. The smallest absolute Gasteiger partial charge is 0.164 e. The first kappa shape index (κ1) is 15.0. The number of fused-ring (bicyclic) bond motifs is 5. The van der Waals surface area contributed by atoms with Crippen molar-refractivity contribution in [3.8, 4) is 11.5 Å². The summed E-state index contributed by atoms with van der Waals surface area (Å²) < 4.78 is 11.1. The van der Waals surface area contributed by atoms with E-state index in [9.17, 15) is 4.79 Å². The van der Waals surface area contributed by atoms with Gasteiger partial charge >= 0.3 is 0 Å². The van der Waals surface area contributed by atoms with Crippen LogP contribution < -0.4 is 9.47 Å². The summed E-state index contributed by atoms with van der Waals surface area (Å²) in [6.45, 7) is 2.23. The second-order valence-electron chi connectivity index (χ2n) is 7.70. The molecule has 0 unspecified atom stereocenters. The molecule has 4 atom stereocenters. The average Bonchev–Trinajstić information content (AvgIpc) is 2.88. The second-order valence-corrected chi connectivity index (χ2v) is 7.70. The first-order valence-electron chi connectivity index (χ1n) is 8.87. The summed E-state index contributed by atoms with van der Waals surface area (Å²) in [4.78, 5) is 12.4. The normalized spacial score (nSPS) is 35.3. The van der Waals surface area contributed by atoms with Crippen LogP contribution in [0.3, 0.4) is 0 Å². The van der Waals surface area contributed by atoms with Crippen LogP contribution in [0.4, 0.5) is 0 Å². The molecular formula is C20H26O3. The Bertz CT molecular complexity index is 651. The van der Waals surface area contributed by atoms with E-state index in [-0.39, 0.29) is 5.41 Å². The highest BCUT2D eigenvalue weighted by molar-refractivity contribution is 5.87. The Morgan fingerprint density at radius 3 is 2.65 bits per heavy atom. The van der Waals surface area contributed by atoms with Gasteiger partial charge < -0.3 is 9.47 Å². The molecule has 3 aliphatic carbocycles. The maximum atomic E-state index is 12.4. The lowest BCUT2D eigenvalue weighted by Gasteiger charge is -2.48. The van der Waals surface area contributed by atoms with E-state index >= 15 is 0 Å². The molecule has 23 heavy (non-hydrogen) atoms. The van der Waals surface area contributed by atoms with Gasteiger partial charge in [0, 0.05) is 17.4 Å². The Labute approximate surface area is 138 Å². The van der Waals surface area contributed by atoms with Gasteiger partial charge in [-0.1, -0.05) is 13.0 Å². The van der Waals surface area contributed by atoms with Gasteiger partial charge in [0.2, 0.25) is 0 Å². The molecule has 1 aromatic rings. The summed E-state index contributed by atoms with van der Waals surface area (Å²) in [6, 6.07) is 4.29. The first-order chi connectivity index (χ1) is 11.1. The van der Waals surface area contributed by atoms with E-state index in [0.29, 0.717) is 23.5 Å². The van der Waals surface area contributed by atoms with Crippen molar-refractivity contribution in [1.29, 1.82) is 0 Å². The molecule has 4 rings (SSSR count). The molecule has 0 aliphatic heterocycles. The van der Waals surface area contributed by atoms with Gasteiger partial charge in [-0.15, -0.1) is 0 Å². The molecule has 0 N–H and O–H groups in total. The van der Waals surface area contributed by atoms with Gasteiger partial charge in [-0.05, 0) is 61.5 Å². The van der Waals surface area contributed by atoms with Crippen molar-refractivity contribution in [1.82, 2.24) is 0 Å². The predicted octanol–water partition coefficient (Wildman–Crippen LogP) is 4.13. The number of ketones is 1. The summed E-state index contributed by atoms with van der Waals surface area (Å²) in [5.74, 6) is 4.09. The lowest BCUT2D eigenvalue weighted by atomic mass is 9.55. The third-order valence-electron chi connectivity index (χ3n) is 6.96. The minimum atomic E-state index is -0.0464. The van der Waals surface area contributed by atoms with Gasteiger partial charge in [-0.25, -0.2) is 0 Å². The van der Waals surface area contributed by atoms with E-state index in [1.807, 2.05) is 6.07 Å². The van der Waals surface area contributed by atoms with Gasteiger partial charge in [-0.2, -0.15) is 0 Å². The highest BCUT2D eigenvalue weighted by Gasteiger charge is 2.54.